The van der Waals surface area contributed by atoms with Gasteiger partial charge < -0.3 is 10.4 Å². The molecule has 4 heteroatoms. The third-order valence-corrected chi connectivity index (χ3v) is 3.20. The van der Waals surface area contributed by atoms with Crippen LogP contribution < -0.4 is 5.32 Å². The third kappa shape index (κ3) is 2.97. The molecule has 0 spiro atoms. The number of anilines is 1. The van der Waals surface area contributed by atoms with Crippen molar-refractivity contribution in [2.24, 2.45) is 0 Å². The molecule has 0 saturated heterocycles. The van der Waals surface area contributed by atoms with E-state index in [0.717, 1.165) is 10.0 Å². The average molecular weight is 306 g/mol. The van der Waals surface area contributed by atoms with Crippen LogP contribution >= 0.6 is 15.9 Å². The van der Waals surface area contributed by atoms with E-state index < -0.39 is 0 Å². The molecule has 1 amide bonds. The number of hydrogen-bond donors (Lipinski definition) is 2. The molecule has 0 aromatic heterocycles. The molecule has 0 aliphatic rings. The molecule has 0 fully saturated rings. The van der Waals surface area contributed by atoms with Gasteiger partial charge in [0.1, 0.15) is 0 Å². The SMILES string of the molecule is O=C(Nc1ccc(CO)cc1)c1ccccc1Br. The summed E-state index contributed by atoms with van der Waals surface area (Å²) in [5.41, 5.74) is 2.10. The van der Waals surface area contributed by atoms with Crippen LogP contribution in [0.3, 0.4) is 0 Å². The summed E-state index contributed by atoms with van der Waals surface area (Å²) in [5.74, 6) is -0.167. The Morgan fingerprint density at radius 1 is 1.11 bits per heavy atom. The number of nitrogens with one attached hydrogen (secondary N) is 1. The summed E-state index contributed by atoms with van der Waals surface area (Å²) in [4.78, 5) is 12.0. The van der Waals surface area contributed by atoms with E-state index in [1.165, 1.54) is 0 Å². The van der Waals surface area contributed by atoms with E-state index in [1.54, 1.807) is 30.3 Å². The standard InChI is InChI=1S/C14H12BrNO2/c15-13-4-2-1-3-12(13)14(18)16-11-7-5-10(9-17)6-8-11/h1-8,17H,9H2,(H,16,18). The number of halogens is 1. The van der Waals surface area contributed by atoms with Gasteiger partial charge in [0.25, 0.3) is 5.91 Å². The van der Waals surface area contributed by atoms with Gasteiger partial charge in [-0.15, -0.1) is 0 Å². The Kier molecular flexibility index (Phi) is 4.12. The Morgan fingerprint density at radius 2 is 1.78 bits per heavy atom. The van der Waals surface area contributed by atoms with Crippen LogP contribution in [0, 0.1) is 0 Å². The van der Waals surface area contributed by atoms with Gasteiger partial charge in [0.2, 0.25) is 0 Å². The maximum Gasteiger partial charge on any atom is 0.256 e. The topological polar surface area (TPSA) is 49.3 Å². The summed E-state index contributed by atoms with van der Waals surface area (Å²) in [6, 6.07) is 14.3. The Balaban J connectivity index is 2.14. The first kappa shape index (κ1) is 12.8. The first-order chi connectivity index (χ1) is 8.70. The van der Waals surface area contributed by atoms with Gasteiger partial charge in [0.15, 0.2) is 0 Å². The molecule has 0 unspecified atom stereocenters. The van der Waals surface area contributed by atoms with E-state index >= 15 is 0 Å². The number of amides is 1. The second-order valence-corrected chi connectivity index (χ2v) is 4.64. The number of hydrogen-bond acceptors (Lipinski definition) is 2. The van der Waals surface area contributed by atoms with Gasteiger partial charge in [-0.05, 0) is 45.8 Å². The smallest absolute Gasteiger partial charge is 0.256 e. The molecule has 0 heterocycles. The normalized spacial score (nSPS) is 10.1. The fraction of sp³-hybridized carbons (Fsp3) is 0.0714. The first-order valence-electron chi connectivity index (χ1n) is 5.46. The van der Waals surface area contributed by atoms with Crippen LogP contribution in [0.1, 0.15) is 15.9 Å². The van der Waals surface area contributed by atoms with Gasteiger partial charge in [-0.2, -0.15) is 0 Å². The summed E-state index contributed by atoms with van der Waals surface area (Å²) < 4.78 is 0.759. The molecule has 0 bridgehead atoms. The lowest BCUT2D eigenvalue weighted by molar-refractivity contribution is 0.102. The van der Waals surface area contributed by atoms with Crippen LogP contribution in [0.5, 0.6) is 0 Å². The number of rotatable bonds is 3. The lowest BCUT2D eigenvalue weighted by Crippen LogP contribution is -2.12. The molecule has 0 radical (unpaired) electrons. The van der Waals surface area contributed by atoms with E-state index in [9.17, 15) is 4.79 Å². The molecule has 2 N–H and O–H groups in total. The van der Waals surface area contributed by atoms with Crippen LogP contribution in [0.15, 0.2) is 53.0 Å². The lowest BCUT2D eigenvalue weighted by atomic mass is 10.2. The fourth-order valence-corrected chi connectivity index (χ4v) is 2.00. The highest BCUT2D eigenvalue weighted by molar-refractivity contribution is 9.10. The molecule has 2 rings (SSSR count). The number of carbonyl (C=O) groups is 1. The van der Waals surface area contributed by atoms with Crippen molar-refractivity contribution in [3.63, 3.8) is 0 Å². The molecule has 2 aromatic rings. The minimum Gasteiger partial charge on any atom is -0.392 e. The monoisotopic (exact) mass is 305 g/mol. The Hall–Kier alpha value is -1.65. The molecule has 18 heavy (non-hydrogen) atoms. The van der Waals surface area contributed by atoms with E-state index in [0.29, 0.717) is 11.3 Å². The molecule has 92 valence electrons. The van der Waals surface area contributed by atoms with Crippen LogP contribution in [-0.2, 0) is 6.61 Å². The van der Waals surface area contributed by atoms with Gasteiger partial charge in [-0.25, -0.2) is 0 Å². The Morgan fingerprint density at radius 3 is 2.39 bits per heavy atom. The molecule has 3 nitrogen and oxygen atoms in total. The zero-order valence-corrected chi connectivity index (χ0v) is 11.1. The lowest BCUT2D eigenvalue weighted by Gasteiger charge is -2.07. The molecule has 0 saturated carbocycles. The summed E-state index contributed by atoms with van der Waals surface area (Å²) >= 11 is 3.34. The minimum absolute atomic E-state index is 0.00153. The predicted molar refractivity (Wildman–Crippen MR) is 74.5 cm³/mol. The van der Waals surface area contributed by atoms with Crippen LogP contribution in [0.4, 0.5) is 5.69 Å². The van der Waals surface area contributed by atoms with Crippen molar-refractivity contribution in [2.75, 3.05) is 5.32 Å². The average Bonchev–Trinajstić information content (AvgIpc) is 2.40. The molecule has 0 aliphatic heterocycles. The highest BCUT2D eigenvalue weighted by atomic mass is 79.9. The number of carbonyl (C=O) groups excluding carboxylic acids is 1. The number of benzene rings is 2. The summed E-state index contributed by atoms with van der Waals surface area (Å²) in [6.07, 6.45) is 0. The van der Waals surface area contributed by atoms with E-state index in [1.807, 2.05) is 18.2 Å². The second-order valence-electron chi connectivity index (χ2n) is 3.79. The predicted octanol–water partition coefficient (Wildman–Crippen LogP) is 3.19. The maximum atomic E-state index is 12.0. The van der Waals surface area contributed by atoms with Gasteiger partial charge in [-0.1, -0.05) is 24.3 Å². The highest BCUT2D eigenvalue weighted by Gasteiger charge is 2.08. The highest BCUT2D eigenvalue weighted by Crippen LogP contribution is 2.18. The van der Waals surface area contributed by atoms with E-state index in [2.05, 4.69) is 21.2 Å². The zero-order chi connectivity index (χ0) is 13.0. The van der Waals surface area contributed by atoms with Crippen molar-refractivity contribution in [2.45, 2.75) is 6.61 Å². The van der Waals surface area contributed by atoms with E-state index in [-0.39, 0.29) is 12.5 Å². The van der Waals surface area contributed by atoms with Crippen molar-refractivity contribution in [3.8, 4) is 0 Å². The van der Waals surface area contributed by atoms with Crippen LogP contribution in [0.25, 0.3) is 0 Å². The fourth-order valence-electron chi connectivity index (χ4n) is 1.54. The second kappa shape index (κ2) is 5.80. The largest absolute Gasteiger partial charge is 0.392 e. The van der Waals surface area contributed by atoms with Crippen molar-refractivity contribution in [1.82, 2.24) is 0 Å². The molecule has 0 aliphatic carbocycles. The van der Waals surface area contributed by atoms with Gasteiger partial charge in [0, 0.05) is 10.2 Å². The van der Waals surface area contributed by atoms with Crippen LogP contribution in [0.2, 0.25) is 0 Å². The molecule has 2 aromatic carbocycles. The van der Waals surface area contributed by atoms with Crippen molar-refractivity contribution < 1.29 is 9.90 Å². The number of aliphatic hydroxyl groups excluding tert-OH is 1. The van der Waals surface area contributed by atoms with Crippen molar-refractivity contribution in [3.05, 3.63) is 64.1 Å². The van der Waals surface area contributed by atoms with Crippen LogP contribution in [-0.4, -0.2) is 11.0 Å². The summed E-state index contributed by atoms with van der Waals surface area (Å²) in [5, 5.41) is 11.7. The van der Waals surface area contributed by atoms with E-state index in [4.69, 9.17) is 5.11 Å². The van der Waals surface area contributed by atoms with Gasteiger partial charge in [-0.3, -0.25) is 4.79 Å². The quantitative estimate of drug-likeness (QED) is 0.915. The van der Waals surface area contributed by atoms with Gasteiger partial charge >= 0.3 is 0 Å². The molecular formula is C14H12BrNO2. The molecular weight excluding hydrogens is 294 g/mol. The zero-order valence-electron chi connectivity index (χ0n) is 9.56. The van der Waals surface area contributed by atoms with Gasteiger partial charge in [0.05, 0.1) is 12.2 Å². The minimum atomic E-state index is -0.167. The number of aliphatic hydroxyl groups is 1. The van der Waals surface area contributed by atoms with Crippen molar-refractivity contribution >= 4 is 27.5 Å². The summed E-state index contributed by atoms with van der Waals surface area (Å²) in [7, 11) is 0. The molecule has 0 atom stereocenters. The Labute approximate surface area is 114 Å². The first-order valence-corrected chi connectivity index (χ1v) is 6.25. The summed E-state index contributed by atoms with van der Waals surface area (Å²) in [6.45, 7) is -0.00153. The third-order valence-electron chi connectivity index (χ3n) is 2.51. The maximum absolute atomic E-state index is 12.0. The van der Waals surface area contributed by atoms with Crippen molar-refractivity contribution in [1.29, 1.82) is 0 Å². The Bertz CT molecular complexity index is 552.